The molecular formula is C58H64FN7O7. The van der Waals surface area contributed by atoms with Crippen molar-refractivity contribution in [2.45, 2.75) is 64.6 Å². The number of amides is 3. The Morgan fingerprint density at radius 3 is 2.33 bits per heavy atom. The number of aromatic hydroxyl groups is 1. The molecule has 2 saturated heterocycles. The summed E-state index contributed by atoms with van der Waals surface area (Å²) in [6, 6.07) is 26.8. The number of halogens is 1. The van der Waals surface area contributed by atoms with Gasteiger partial charge in [0.25, 0.3) is 11.8 Å². The maximum Gasteiger partial charge on any atom is 0.265 e. The van der Waals surface area contributed by atoms with Gasteiger partial charge >= 0.3 is 0 Å². The van der Waals surface area contributed by atoms with Crippen molar-refractivity contribution >= 4 is 29.1 Å². The number of carbonyl (C=O) groups is 3. The lowest BCUT2D eigenvalue weighted by atomic mass is 9.87. The Kier molecular flexibility index (Phi) is 14.9. The summed E-state index contributed by atoms with van der Waals surface area (Å²) in [5, 5.41) is 10.3. The van der Waals surface area contributed by atoms with Crippen LogP contribution < -0.4 is 14.4 Å². The van der Waals surface area contributed by atoms with E-state index in [1.54, 1.807) is 52.4 Å². The fourth-order valence-corrected chi connectivity index (χ4v) is 10.9. The zero-order chi connectivity index (χ0) is 50.6. The molecule has 4 aliphatic heterocycles. The molecule has 14 nitrogen and oxygen atoms in total. The van der Waals surface area contributed by atoms with Crippen LogP contribution in [0.3, 0.4) is 0 Å². The Bertz CT molecular complexity index is 2970. The van der Waals surface area contributed by atoms with Gasteiger partial charge in [0.05, 0.1) is 44.2 Å². The predicted octanol–water partition coefficient (Wildman–Crippen LogP) is 8.12. The Morgan fingerprint density at radius 2 is 1.59 bits per heavy atom. The minimum absolute atomic E-state index is 0.0547. The first-order chi connectivity index (χ1) is 35.5. The lowest BCUT2D eigenvalue weighted by Crippen LogP contribution is -2.51. The van der Waals surface area contributed by atoms with Crippen molar-refractivity contribution in [2.24, 2.45) is 7.05 Å². The van der Waals surface area contributed by atoms with E-state index in [4.69, 9.17) is 14.2 Å². The number of morpholine rings is 1. The fraction of sp³-hybridized carbons (Fsp3) is 0.379. The number of methoxy groups -OCH3 is 1. The third-order valence-electron chi connectivity index (χ3n) is 15.1. The van der Waals surface area contributed by atoms with E-state index in [1.165, 1.54) is 37.3 Å². The average molecular weight is 990 g/mol. The highest BCUT2D eigenvalue weighted by molar-refractivity contribution is 6.16. The van der Waals surface area contributed by atoms with Crippen LogP contribution in [0.25, 0.3) is 11.1 Å². The first kappa shape index (κ1) is 49.5. The third-order valence-corrected chi connectivity index (χ3v) is 15.1. The van der Waals surface area contributed by atoms with Gasteiger partial charge in [0.15, 0.2) is 0 Å². The number of likely N-dealkylation sites (tertiary alicyclic amines) is 1. The van der Waals surface area contributed by atoms with E-state index in [1.807, 2.05) is 47.8 Å². The van der Waals surface area contributed by atoms with Crippen LogP contribution in [0.5, 0.6) is 17.4 Å². The molecule has 15 heteroatoms. The standard InChI is InChI=1S/C58H64FN7O7/c1-39-56(58(70)66(45-12-15-48(67)16-13-45)46-14-18-54(71-3)60-34-46)52(38-61(39)2)50-30-41-19-22-64(55(68)32-42-11-17-49(33-53(42)59)73-28-25-62-23-26-72-27-24-62)35-44(41)31-51(50)57(69)65-36-43-10-6-5-9-40(43)29-47(65)37-63-20-7-4-8-21-63/h5-6,9-18,30-31,33-34,38,47,67H,4,7-8,19-29,32,35-37H2,1-3H3/t47-/m0/s1. The first-order valence-corrected chi connectivity index (χ1v) is 25.6. The molecule has 2 aromatic heterocycles. The smallest absolute Gasteiger partial charge is 0.265 e. The molecule has 1 N–H and O–H groups in total. The van der Waals surface area contributed by atoms with Crippen LogP contribution in [0.1, 0.15) is 73.5 Å². The molecule has 2 fully saturated rings. The van der Waals surface area contributed by atoms with Gasteiger partial charge in [-0.25, -0.2) is 9.37 Å². The zero-order valence-corrected chi connectivity index (χ0v) is 42.0. The number of pyridine rings is 1. The van der Waals surface area contributed by atoms with Gasteiger partial charge in [0.2, 0.25) is 11.8 Å². The van der Waals surface area contributed by atoms with Crippen LogP contribution in [-0.2, 0) is 48.9 Å². The number of ether oxygens (including phenoxy) is 3. The molecule has 0 radical (unpaired) electrons. The highest BCUT2D eigenvalue weighted by Crippen LogP contribution is 2.40. The van der Waals surface area contributed by atoms with Crippen molar-refractivity contribution < 1.29 is 38.1 Å². The number of nitrogens with zero attached hydrogens (tertiary/aromatic N) is 7. The molecule has 6 aromatic rings. The van der Waals surface area contributed by atoms with Gasteiger partial charge in [0, 0.05) is 99.7 Å². The van der Waals surface area contributed by atoms with Crippen LogP contribution >= 0.6 is 0 Å². The molecule has 6 heterocycles. The van der Waals surface area contributed by atoms with Crippen LogP contribution in [0, 0.1) is 12.7 Å². The summed E-state index contributed by atoms with van der Waals surface area (Å²) in [5.74, 6) is -0.358. The number of phenolic OH excluding ortho intramolecular Hbond substituents is 1. The number of hydrogen-bond acceptors (Lipinski definition) is 10. The summed E-state index contributed by atoms with van der Waals surface area (Å²) in [7, 11) is 3.42. The van der Waals surface area contributed by atoms with E-state index >= 15 is 14.0 Å². The zero-order valence-electron chi connectivity index (χ0n) is 42.0. The van der Waals surface area contributed by atoms with Crippen molar-refractivity contribution in [3.63, 3.8) is 0 Å². The van der Waals surface area contributed by atoms with Crippen LogP contribution in [0.4, 0.5) is 15.8 Å². The van der Waals surface area contributed by atoms with Crippen LogP contribution in [0.2, 0.25) is 0 Å². The molecule has 0 spiro atoms. The van der Waals surface area contributed by atoms with Crippen molar-refractivity contribution in [2.75, 3.05) is 77.6 Å². The Balaban J connectivity index is 1.00. The summed E-state index contributed by atoms with van der Waals surface area (Å²) in [4.78, 5) is 60.0. The van der Waals surface area contributed by atoms with Gasteiger partial charge in [-0.1, -0.05) is 36.8 Å². The SMILES string of the molecule is COc1ccc(N(C(=O)c2c(-c3cc4c(cc3C(=O)N3Cc5ccccc5C[C@H]3CN3CCCCC3)CN(C(=O)Cc3ccc(OCCN5CCOCC5)cc3F)CC4)cn(C)c2C)c2ccc(O)cc2)cn1. The molecule has 4 aliphatic rings. The molecule has 380 valence electrons. The third kappa shape index (κ3) is 10.9. The molecule has 10 rings (SSSR count). The maximum atomic E-state index is 15.9. The number of hydrogen-bond donors (Lipinski definition) is 1. The second kappa shape index (κ2) is 22.0. The molecule has 0 bridgehead atoms. The summed E-state index contributed by atoms with van der Waals surface area (Å²) < 4.78 is 34.2. The number of aryl methyl sites for hydroxylation is 1. The van der Waals surface area contributed by atoms with E-state index in [-0.39, 0.29) is 48.0 Å². The number of piperidine rings is 1. The minimum atomic E-state index is -0.495. The number of phenols is 1. The van der Waals surface area contributed by atoms with Crippen molar-refractivity contribution in [3.05, 3.63) is 154 Å². The van der Waals surface area contributed by atoms with Crippen molar-refractivity contribution in [1.29, 1.82) is 0 Å². The number of carbonyl (C=O) groups excluding carboxylic acids is 3. The van der Waals surface area contributed by atoms with Crippen molar-refractivity contribution in [1.82, 2.24) is 29.2 Å². The van der Waals surface area contributed by atoms with Gasteiger partial charge in [-0.2, -0.15) is 0 Å². The largest absolute Gasteiger partial charge is 0.508 e. The topological polar surface area (TPSA) is 133 Å². The van der Waals surface area contributed by atoms with Gasteiger partial charge in [0.1, 0.15) is 23.9 Å². The summed E-state index contributed by atoms with van der Waals surface area (Å²) >= 11 is 0. The summed E-state index contributed by atoms with van der Waals surface area (Å²) in [6.45, 7) is 9.87. The van der Waals surface area contributed by atoms with E-state index in [0.29, 0.717) is 103 Å². The van der Waals surface area contributed by atoms with Gasteiger partial charge < -0.3 is 38.6 Å². The predicted molar refractivity (Wildman–Crippen MR) is 277 cm³/mol. The minimum Gasteiger partial charge on any atom is -0.508 e. The summed E-state index contributed by atoms with van der Waals surface area (Å²) in [5.41, 5.74) is 8.15. The average Bonchev–Trinajstić information content (AvgIpc) is 3.72. The highest BCUT2D eigenvalue weighted by atomic mass is 19.1. The lowest BCUT2D eigenvalue weighted by molar-refractivity contribution is -0.131. The fourth-order valence-electron chi connectivity index (χ4n) is 10.9. The van der Waals surface area contributed by atoms with Gasteiger partial charge in [-0.15, -0.1) is 0 Å². The molecule has 1 atom stereocenters. The number of fused-ring (bicyclic) bond motifs is 2. The Labute approximate surface area is 426 Å². The van der Waals surface area contributed by atoms with E-state index in [2.05, 4.69) is 33.0 Å². The highest BCUT2D eigenvalue weighted by Gasteiger charge is 2.36. The Morgan fingerprint density at radius 1 is 0.822 bits per heavy atom. The summed E-state index contributed by atoms with van der Waals surface area (Å²) in [6.07, 6.45) is 8.03. The molecule has 0 unspecified atom stereocenters. The maximum absolute atomic E-state index is 15.9. The quantitative estimate of drug-likeness (QED) is 0.114. The van der Waals surface area contributed by atoms with Gasteiger partial charge in [-0.3, -0.25) is 24.2 Å². The monoisotopic (exact) mass is 989 g/mol. The first-order valence-electron chi connectivity index (χ1n) is 25.6. The van der Waals surface area contributed by atoms with E-state index in [9.17, 15) is 9.90 Å². The molecule has 3 amide bonds. The van der Waals surface area contributed by atoms with Crippen LogP contribution in [0.15, 0.2) is 103 Å². The molecular weight excluding hydrogens is 926 g/mol. The molecule has 73 heavy (non-hydrogen) atoms. The van der Waals surface area contributed by atoms with E-state index in [0.717, 1.165) is 62.3 Å². The van der Waals surface area contributed by atoms with Gasteiger partial charge in [-0.05, 0) is 128 Å². The second-order valence-electron chi connectivity index (χ2n) is 19.7. The number of benzene rings is 4. The molecule has 0 saturated carbocycles. The number of rotatable bonds is 14. The van der Waals surface area contributed by atoms with Crippen LogP contribution in [-0.4, -0.2) is 131 Å². The number of anilines is 2. The molecule has 0 aliphatic carbocycles. The normalized spacial score (nSPS) is 17.2. The second-order valence-corrected chi connectivity index (χ2v) is 19.7. The molecule has 4 aromatic carbocycles. The lowest BCUT2D eigenvalue weighted by Gasteiger charge is -2.41. The Hall–Kier alpha value is -7.07. The van der Waals surface area contributed by atoms with Crippen molar-refractivity contribution in [3.8, 4) is 28.5 Å². The number of aromatic nitrogens is 2. The van der Waals surface area contributed by atoms with E-state index < -0.39 is 5.82 Å².